The maximum Gasteiger partial charge on any atom is 0.0587 e. The van der Waals surface area contributed by atoms with Crippen molar-refractivity contribution in [2.75, 3.05) is 26.8 Å². The molecule has 0 radical (unpaired) electrons. The predicted octanol–water partition coefficient (Wildman–Crippen LogP) is 2.70. The molecule has 2 nitrogen and oxygen atoms in total. The van der Waals surface area contributed by atoms with Crippen LogP contribution in [0.4, 0.5) is 0 Å². The van der Waals surface area contributed by atoms with Gasteiger partial charge in [0.05, 0.1) is 6.61 Å². The monoisotopic (exact) mass is 227 g/mol. The van der Waals surface area contributed by atoms with Crippen molar-refractivity contribution in [2.24, 2.45) is 0 Å². The van der Waals surface area contributed by atoms with Crippen molar-refractivity contribution in [3.63, 3.8) is 0 Å². The summed E-state index contributed by atoms with van der Waals surface area (Å²) >= 11 is 1.87. The van der Waals surface area contributed by atoms with Gasteiger partial charge < -0.3 is 10.1 Å². The number of nitrogens with one attached hydrogen (secondary N) is 1. The molecule has 86 valence electrons. The van der Waals surface area contributed by atoms with E-state index in [9.17, 15) is 0 Å². The van der Waals surface area contributed by atoms with E-state index in [4.69, 9.17) is 4.74 Å². The van der Waals surface area contributed by atoms with Crippen molar-refractivity contribution >= 4 is 11.3 Å². The van der Waals surface area contributed by atoms with E-state index in [1.54, 1.807) is 7.11 Å². The van der Waals surface area contributed by atoms with E-state index in [-0.39, 0.29) is 0 Å². The summed E-state index contributed by atoms with van der Waals surface area (Å²) in [4.78, 5) is 1.52. The summed E-state index contributed by atoms with van der Waals surface area (Å²) in [5.41, 5.74) is 0. The lowest BCUT2D eigenvalue weighted by atomic mass is 10.2. The van der Waals surface area contributed by atoms with Crippen LogP contribution in [0, 0.1) is 0 Å². The Bertz CT molecular complexity index is 224. The molecule has 0 bridgehead atoms. The zero-order chi connectivity index (χ0) is 10.8. The molecule has 1 heterocycles. The molecular formula is C12H21NOS. The van der Waals surface area contributed by atoms with Crippen molar-refractivity contribution in [1.29, 1.82) is 0 Å². The SMILES string of the molecule is COCCNCCCCCc1cccs1. The Labute approximate surface area is 96.7 Å². The molecule has 0 aliphatic carbocycles. The van der Waals surface area contributed by atoms with Gasteiger partial charge in [0.15, 0.2) is 0 Å². The fraction of sp³-hybridized carbons (Fsp3) is 0.667. The fourth-order valence-electron chi connectivity index (χ4n) is 1.48. The fourth-order valence-corrected chi connectivity index (χ4v) is 2.23. The second kappa shape index (κ2) is 8.89. The van der Waals surface area contributed by atoms with Gasteiger partial charge in [-0.2, -0.15) is 0 Å². The van der Waals surface area contributed by atoms with E-state index >= 15 is 0 Å². The Kier molecular flexibility index (Phi) is 7.52. The van der Waals surface area contributed by atoms with Crippen molar-refractivity contribution in [3.8, 4) is 0 Å². The van der Waals surface area contributed by atoms with Crippen molar-refractivity contribution in [1.82, 2.24) is 5.32 Å². The minimum absolute atomic E-state index is 0.815. The Morgan fingerprint density at radius 1 is 1.27 bits per heavy atom. The minimum Gasteiger partial charge on any atom is -0.383 e. The van der Waals surface area contributed by atoms with Crippen LogP contribution in [-0.2, 0) is 11.2 Å². The third kappa shape index (κ3) is 6.66. The maximum atomic E-state index is 4.96. The summed E-state index contributed by atoms with van der Waals surface area (Å²) in [6.45, 7) is 2.91. The first-order valence-corrected chi connectivity index (χ1v) is 6.53. The van der Waals surface area contributed by atoms with Gasteiger partial charge in [-0.25, -0.2) is 0 Å². The molecule has 0 fully saturated rings. The summed E-state index contributed by atoms with van der Waals surface area (Å²) < 4.78 is 4.96. The van der Waals surface area contributed by atoms with Gasteiger partial charge in [0, 0.05) is 18.5 Å². The summed E-state index contributed by atoms with van der Waals surface area (Å²) in [5.74, 6) is 0. The van der Waals surface area contributed by atoms with Crippen LogP contribution in [0.25, 0.3) is 0 Å². The molecule has 1 aromatic heterocycles. The van der Waals surface area contributed by atoms with Gasteiger partial charge in [-0.15, -0.1) is 11.3 Å². The maximum absolute atomic E-state index is 4.96. The number of methoxy groups -OCH3 is 1. The molecule has 0 saturated heterocycles. The molecule has 0 unspecified atom stereocenters. The first-order valence-electron chi connectivity index (χ1n) is 5.65. The van der Waals surface area contributed by atoms with Crippen LogP contribution in [0.1, 0.15) is 24.1 Å². The van der Waals surface area contributed by atoms with Crippen molar-refractivity contribution < 1.29 is 4.74 Å². The highest BCUT2D eigenvalue weighted by molar-refractivity contribution is 7.09. The zero-order valence-corrected chi connectivity index (χ0v) is 10.3. The largest absolute Gasteiger partial charge is 0.383 e. The van der Waals surface area contributed by atoms with Crippen LogP contribution in [-0.4, -0.2) is 26.8 Å². The third-order valence-corrected chi connectivity index (χ3v) is 3.28. The van der Waals surface area contributed by atoms with Crippen LogP contribution in [0.15, 0.2) is 17.5 Å². The number of unbranched alkanes of at least 4 members (excludes halogenated alkanes) is 2. The number of hydrogen-bond acceptors (Lipinski definition) is 3. The highest BCUT2D eigenvalue weighted by atomic mass is 32.1. The van der Waals surface area contributed by atoms with Crippen LogP contribution >= 0.6 is 11.3 Å². The normalized spacial score (nSPS) is 10.7. The topological polar surface area (TPSA) is 21.3 Å². The van der Waals surface area contributed by atoms with Gasteiger partial charge in [-0.1, -0.05) is 12.5 Å². The number of hydrogen-bond donors (Lipinski definition) is 1. The average molecular weight is 227 g/mol. The highest BCUT2D eigenvalue weighted by Gasteiger charge is 1.94. The lowest BCUT2D eigenvalue weighted by molar-refractivity contribution is 0.199. The van der Waals surface area contributed by atoms with Crippen LogP contribution in [0.2, 0.25) is 0 Å². The molecule has 0 amide bonds. The van der Waals surface area contributed by atoms with E-state index in [0.29, 0.717) is 0 Å². The first kappa shape index (κ1) is 12.7. The molecule has 1 rings (SSSR count). The molecule has 0 atom stereocenters. The van der Waals surface area contributed by atoms with Crippen LogP contribution in [0.5, 0.6) is 0 Å². The molecule has 3 heteroatoms. The summed E-state index contributed by atoms with van der Waals surface area (Å²) in [6.07, 6.45) is 5.15. The Balaban J connectivity index is 1.81. The van der Waals surface area contributed by atoms with E-state index < -0.39 is 0 Å². The lowest BCUT2D eigenvalue weighted by Gasteiger charge is -2.03. The number of rotatable bonds is 9. The van der Waals surface area contributed by atoms with E-state index in [1.807, 2.05) is 11.3 Å². The number of thiophene rings is 1. The quantitative estimate of drug-likeness (QED) is 0.655. The first-order chi connectivity index (χ1) is 7.43. The van der Waals surface area contributed by atoms with Gasteiger partial charge in [-0.3, -0.25) is 0 Å². The van der Waals surface area contributed by atoms with E-state index in [1.165, 1.54) is 30.6 Å². The van der Waals surface area contributed by atoms with Gasteiger partial charge in [-0.05, 0) is 37.3 Å². The summed E-state index contributed by atoms with van der Waals surface area (Å²) in [5, 5.41) is 5.51. The van der Waals surface area contributed by atoms with Crippen molar-refractivity contribution in [2.45, 2.75) is 25.7 Å². The average Bonchev–Trinajstić information content (AvgIpc) is 2.75. The van der Waals surface area contributed by atoms with Gasteiger partial charge in [0.25, 0.3) is 0 Å². The second-order valence-electron chi connectivity index (χ2n) is 3.63. The summed E-state index contributed by atoms with van der Waals surface area (Å²) in [7, 11) is 1.74. The van der Waals surface area contributed by atoms with E-state index in [2.05, 4.69) is 22.8 Å². The predicted molar refractivity (Wildman–Crippen MR) is 66.6 cm³/mol. The molecule has 15 heavy (non-hydrogen) atoms. The molecular weight excluding hydrogens is 206 g/mol. The Hall–Kier alpha value is -0.380. The molecule has 0 spiro atoms. The zero-order valence-electron chi connectivity index (χ0n) is 9.50. The molecule has 1 aromatic rings. The summed E-state index contributed by atoms with van der Waals surface area (Å²) in [6, 6.07) is 4.35. The third-order valence-electron chi connectivity index (χ3n) is 2.34. The molecule has 0 aliphatic rings. The lowest BCUT2D eigenvalue weighted by Crippen LogP contribution is -2.20. The Morgan fingerprint density at radius 3 is 2.93 bits per heavy atom. The van der Waals surface area contributed by atoms with Gasteiger partial charge in [0.2, 0.25) is 0 Å². The van der Waals surface area contributed by atoms with Crippen LogP contribution < -0.4 is 5.32 Å². The standard InChI is InChI=1S/C12H21NOS/c1-14-10-9-13-8-4-2-3-6-12-7-5-11-15-12/h5,7,11,13H,2-4,6,8-10H2,1H3. The molecule has 1 N–H and O–H groups in total. The number of ether oxygens (including phenoxy) is 1. The minimum atomic E-state index is 0.815. The highest BCUT2D eigenvalue weighted by Crippen LogP contribution is 2.12. The van der Waals surface area contributed by atoms with E-state index in [0.717, 1.165) is 19.7 Å². The number of aryl methyl sites for hydroxylation is 1. The Morgan fingerprint density at radius 2 is 2.20 bits per heavy atom. The molecule has 0 aromatic carbocycles. The molecule has 0 aliphatic heterocycles. The van der Waals surface area contributed by atoms with Crippen LogP contribution in [0.3, 0.4) is 0 Å². The van der Waals surface area contributed by atoms with Crippen molar-refractivity contribution in [3.05, 3.63) is 22.4 Å². The van der Waals surface area contributed by atoms with Gasteiger partial charge >= 0.3 is 0 Å². The van der Waals surface area contributed by atoms with Gasteiger partial charge in [0.1, 0.15) is 0 Å². The second-order valence-corrected chi connectivity index (χ2v) is 4.67. The molecule has 0 saturated carbocycles. The smallest absolute Gasteiger partial charge is 0.0587 e.